The van der Waals surface area contributed by atoms with Gasteiger partial charge in [0.25, 0.3) is 0 Å². The molecule has 0 radical (unpaired) electrons. The number of alkyl halides is 5. The van der Waals surface area contributed by atoms with Crippen molar-refractivity contribution in [1.82, 2.24) is 4.98 Å². The zero-order valence-corrected chi connectivity index (χ0v) is 19.1. The lowest BCUT2D eigenvalue weighted by Gasteiger charge is -2.24. The molecule has 0 amide bonds. The number of aromatic nitrogens is 1. The molecule has 0 aliphatic carbocycles. The number of anilines is 1. The van der Waals surface area contributed by atoms with Crippen LogP contribution in [0.4, 0.5) is 36.4 Å². The Labute approximate surface area is 200 Å². The molecule has 36 heavy (non-hydrogen) atoms. The average Bonchev–Trinajstić information content (AvgIpc) is 3.24. The molecule has 0 fully saturated rings. The van der Waals surface area contributed by atoms with Gasteiger partial charge < -0.3 is 0 Å². The minimum absolute atomic E-state index is 0.0138. The zero-order chi connectivity index (χ0) is 26.5. The molecule has 0 N–H and O–H groups in total. The van der Waals surface area contributed by atoms with E-state index in [0.717, 1.165) is 18.4 Å². The van der Waals surface area contributed by atoms with E-state index in [2.05, 4.69) is 10.1 Å². The van der Waals surface area contributed by atoms with Crippen LogP contribution in [0.5, 0.6) is 0 Å². The van der Waals surface area contributed by atoms with E-state index in [1.165, 1.54) is 42.6 Å². The highest BCUT2D eigenvalue weighted by atomic mass is 32.2. The molecule has 3 aromatic rings. The lowest BCUT2D eigenvalue weighted by atomic mass is 9.99. The van der Waals surface area contributed by atoms with Crippen molar-refractivity contribution in [2.45, 2.75) is 29.5 Å². The quantitative estimate of drug-likeness (QED) is 0.383. The summed E-state index contributed by atoms with van der Waals surface area (Å²) in [5, 5.41) is 4.02. The molecule has 0 spiro atoms. The van der Waals surface area contributed by atoms with Gasteiger partial charge in [-0.1, -0.05) is 12.1 Å². The topological polar surface area (TPSA) is 62.6 Å². The molecular formula is C23H16F7N3O2S. The SMILES string of the molecule is CS(=O)(=O)c1ccc(-c2ccnc(C3CC(C(F)(F)C(F)(F)F)=NN3c3ccc(F)cc3F)c2)cc1. The van der Waals surface area contributed by atoms with Crippen molar-refractivity contribution in [3.05, 3.63) is 78.1 Å². The highest BCUT2D eigenvalue weighted by Gasteiger charge is 2.63. The molecular weight excluding hydrogens is 515 g/mol. The first-order chi connectivity index (χ1) is 16.7. The van der Waals surface area contributed by atoms with Gasteiger partial charge in [-0.15, -0.1) is 0 Å². The van der Waals surface area contributed by atoms with Gasteiger partial charge >= 0.3 is 12.1 Å². The summed E-state index contributed by atoms with van der Waals surface area (Å²) >= 11 is 0. The molecule has 1 aliphatic rings. The van der Waals surface area contributed by atoms with E-state index >= 15 is 0 Å². The van der Waals surface area contributed by atoms with Crippen LogP contribution in [0.1, 0.15) is 18.2 Å². The fourth-order valence-electron chi connectivity index (χ4n) is 3.69. The Kier molecular flexibility index (Phi) is 6.31. The number of hydrogen-bond acceptors (Lipinski definition) is 5. The molecule has 5 nitrogen and oxygen atoms in total. The number of hydrazone groups is 1. The molecule has 190 valence electrons. The first kappa shape index (κ1) is 25.6. The number of halogens is 7. The third kappa shape index (κ3) is 4.79. The number of rotatable bonds is 5. The van der Waals surface area contributed by atoms with Crippen molar-refractivity contribution in [2.24, 2.45) is 5.10 Å². The second kappa shape index (κ2) is 8.87. The van der Waals surface area contributed by atoms with Crippen LogP contribution in [0.3, 0.4) is 0 Å². The summed E-state index contributed by atoms with van der Waals surface area (Å²) in [5.74, 6) is -7.49. The highest BCUT2D eigenvalue weighted by molar-refractivity contribution is 7.90. The van der Waals surface area contributed by atoms with Crippen molar-refractivity contribution in [3.8, 4) is 11.1 Å². The first-order valence-electron chi connectivity index (χ1n) is 10.2. The summed E-state index contributed by atoms with van der Waals surface area (Å²) in [6.07, 6.45) is -4.57. The van der Waals surface area contributed by atoms with E-state index < -0.39 is 57.4 Å². The predicted molar refractivity (Wildman–Crippen MR) is 117 cm³/mol. The normalized spacial score (nSPS) is 16.8. The fraction of sp³-hybridized carbons (Fsp3) is 0.217. The van der Waals surface area contributed by atoms with E-state index in [1.54, 1.807) is 0 Å². The van der Waals surface area contributed by atoms with Crippen molar-refractivity contribution in [2.75, 3.05) is 11.3 Å². The fourth-order valence-corrected chi connectivity index (χ4v) is 4.32. The molecule has 2 heterocycles. The van der Waals surface area contributed by atoms with E-state index in [-0.39, 0.29) is 10.6 Å². The highest BCUT2D eigenvalue weighted by Crippen LogP contribution is 2.45. The standard InChI is InChI=1S/C23H16F7N3O2S/c1-36(34,35)16-5-2-13(3-6-16)14-8-9-31-18(10-14)20-12-21(22(26,27)23(28,29)30)32-33(20)19-7-4-15(24)11-17(19)25/h2-11,20H,12H2,1H3. The van der Waals surface area contributed by atoms with Crippen molar-refractivity contribution < 1.29 is 39.2 Å². The van der Waals surface area contributed by atoms with Crippen molar-refractivity contribution in [3.63, 3.8) is 0 Å². The second-order valence-electron chi connectivity index (χ2n) is 8.04. The molecule has 1 aliphatic heterocycles. The Bertz CT molecular complexity index is 1440. The van der Waals surface area contributed by atoms with E-state index in [1.807, 2.05) is 0 Å². The summed E-state index contributed by atoms with van der Waals surface area (Å²) in [7, 11) is -3.46. The van der Waals surface area contributed by atoms with Crippen LogP contribution in [-0.2, 0) is 9.84 Å². The Hall–Kier alpha value is -3.48. The third-order valence-corrected chi connectivity index (χ3v) is 6.65. The molecule has 1 atom stereocenters. The summed E-state index contributed by atoms with van der Waals surface area (Å²) in [5.41, 5.74) is -1.13. The Balaban J connectivity index is 1.77. The van der Waals surface area contributed by atoms with Crippen LogP contribution >= 0.6 is 0 Å². The molecule has 2 aromatic carbocycles. The minimum atomic E-state index is -5.94. The first-order valence-corrected chi connectivity index (χ1v) is 12.1. The number of sulfone groups is 1. The molecule has 0 saturated carbocycles. The Morgan fingerprint density at radius 1 is 0.917 bits per heavy atom. The predicted octanol–water partition coefficient (Wildman–Crippen LogP) is 5.94. The van der Waals surface area contributed by atoms with Crippen molar-refractivity contribution in [1.29, 1.82) is 0 Å². The van der Waals surface area contributed by atoms with Gasteiger partial charge in [-0.25, -0.2) is 17.2 Å². The number of pyridine rings is 1. The number of nitrogens with zero attached hydrogens (tertiary/aromatic N) is 3. The monoisotopic (exact) mass is 531 g/mol. The maximum Gasteiger partial charge on any atom is 0.459 e. The maximum atomic E-state index is 14.5. The molecule has 1 aromatic heterocycles. The van der Waals surface area contributed by atoms with Gasteiger partial charge in [-0.05, 0) is 47.5 Å². The van der Waals surface area contributed by atoms with Gasteiger partial charge in [-0.3, -0.25) is 9.99 Å². The van der Waals surface area contributed by atoms with Crippen LogP contribution in [0.2, 0.25) is 0 Å². The average molecular weight is 531 g/mol. The van der Waals surface area contributed by atoms with Gasteiger partial charge in [0.2, 0.25) is 0 Å². The second-order valence-corrected chi connectivity index (χ2v) is 10.1. The molecule has 0 saturated heterocycles. The largest absolute Gasteiger partial charge is 0.459 e. The van der Waals surface area contributed by atoms with E-state index in [9.17, 15) is 39.2 Å². The Morgan fingerprint density at radius 3 is 2.17 bits per heavy atom. The van der Waals surface area contributed by atoms with Crippen LogP contribution < -0.4 is 5.01 Å². The van der Waals surface area contributed by atoms with Crippen LogP contribution in [0.15, 0.2) is 70.8 Å². The maximum absolute atomic E-state index is 14.5. The summed E-state index contributed by atoms with van der Waals surface area (Å²) < 4.78 is 119. The van der Waals surface area contributed by atoms with Crippen LogP contribution in [0.25, 0.3) is 11.1 Å². The van der Waals surface area contributed by atoms with Gasteiger partial charge in [0.05, 0.1) is 16.3 Å². The summed E-state index contributed by atoms with van der Waals surface area (Å²) in [6, 6.07) is 9.36. The molecule has 1 unspecified atom stereocenters. The minimum Gasteiger partial charge on any atom is -0.259 e. The number of hydrogen-bond donors (Lipinski definition) is 0. The van der Waals surface area contributed by atoms with Crippen LogP contribution in [-0.4, -0.2) is 37.5 Å². The lowest BCUT2D eigenvalue weighted by Crippen LogP contribution is -2.43. The van der Waals surface area contributed by atoms with Gasteiger partial charge in [0.1, 0.15) is 17.6 Å². The molecule has 4 rings (SSSR count). The van der Waals surface area contributed by atoms with E-state index in [0.29, 0.717) is 22.2 Å². The summed E-state index contributed by atoms with van der Waals surface area (Å²) in [6.45, 7) is 0. The lowest BCUT2D eigenvalue weighted by molar-refractivity contribution is -0.249. The van der Waals surface area contributed by atoms with Gasteiger partial charge in [-0.2, -0.15) is 27.1 Å². The third-order valence-electron chi connectivity index (χ3n) is 5.52. The summed E-state index contributed by atoms with van der Waals surface area (Å²) in [4.78, 5) is 4.13. The number of benzene rings is 2. The smallest absolute Gasteiger partial charge is 0.259 e. The molecule has 13 heteroatoms. The van der Waals surface area contributed by atoms with Crippen molar-refractivity contribution >= 4 is 21.2 Å². The zero-order valence-electron chi connectivity index (χ0n) is 18.3. The van der Waals surface area contributed by atoms with E-state index in [4.69, 9.17) is 0 Å². The Morgan fingerprint density at radius 2 is 1.58 bits per heavy atom. The van der Waals surface area contributed by atoms with Crippen LogP contribution in [0, 0.1) is 11.6 Å². The van der Waals surface area contributed by atoms with Gasteiger partial charge in [0.15, 0.2) is 15.7 Å². The molecule has 0 bridgehead atoms. The van der Waals surface area contributed by atoms with Gasteiger partial charge in [0, 0.05) is 24.9 Å².